The highest BCUT2D eigenvalue weighted by molar-refractivity contribution is 7.89. The first kappa shape index (κ1) is 19.4. The summed E-state index contributed by atoms with van der Waals surface area (Å²) < 4.78 is 32.6. The summed E-state index contributed by atoms with van der Waals surface area (Å²) in [6.45, 7) is 4.65. The average molecular weight is 388 g/mol. The summed E-state index contributed by atoms with van der Waals surface area (Å²) in [6, 6.07) is 12.0. The Labute approximate surface area is 160 Å². The number of sulfonamides is 1. The van der Waals surface area contributed by atoms with E-state index >= 15 is 0 Å². The van der Waals surface area contributed by atoms with Gasteiger partial charge in [-0.15, -0.1) is 0 Å². The second-order valence-corrected chi connectivity index (χ2v) is 8.62. The van der Waals surface area contributed by atoms with Crippen LogP contribution in [-0.2, 0) is 27.8 Å². The normalized spacial score (nSPS) is 13.7. The Kier molecular flexibility index (Phi) is 5.53. The number of carbonyl (C=O) groups is 1. The molecule has 1 N–H and O–H groups in total. The number of anilines is 1. The molecule has 0 aromatic heterocycles. The van der Waals surface area contributed by atoms with Crippen LogP contribution >= 0.6 is 0 Å². The third-order valence-electron chi connectivity index (χ3n) is 4.64. The number of nitrogens with zero attached hydrogens (tertiary/aromatic N) is 1. The minimum absolute atomic E-state index is 0.0491. The molecular formula is C20H24N2O4S. The van der Waals surface area contributed by atoms with Crippen molar-refractivity contribution in [3.8, 4) is 5.75 Å². The van der Waals surface area contributed by atoms with Crippen LogP contribution in [0.25, 0.3) is 0 Å². The van der Waals surface area contributed by atoms with E-state index in [0.29, 0.717) is 12.3 Å². The van der Waals surface area contributed by atoms with E-state index in [9.17, 15) is 13.2 Å². The Morgan fingerprint density at radius 2 is 1.89 bits per heavy atom. The summed E-state index contributed by atoms with van der Waals surface area (Å²) >= 11 is 0. The Hall–Kier alpha value is -2.38. The Balaban J connectivity index is 1.71. The van der Waals surface area contributed by atoms with Crippen LogP contribution in [0, 0.1) is 5.92 Å². The molecule has 0 bridgehead atoms. The molecule has 7 heteroatoms. The van der Waals surface area contributed by atoms with Crippen molar-refractivity contribution in [2.24, 2.45) is 5.92 Å². The molecule has 1 amide bonds. The second-order valence-electron chi connectivity index (χ2n) is 6.86. The minimum Gasteiger partial charge on any atom is -0.497 e. The van der Waals surface area contributed by atoms with Gasteiger partial charge in [-0.3, -0.25) is 4.79 Å². The first-order valence-corrected chi connectivity index (χ1v) is 10.4. The number of nitrogens with one attached hydrogen (secondary N) is 1. The SMILES string of the molecule is COc1ccc(S(=O)(=O)NCc2ccc3c(c2)CCN3C(=O)C(C)C)cc1. The highest BCUT2D eigenvalue weighted by Gasteiger charge is 2.26. The van der Waals surface area contributed by atoms with Gasteiger partial charge in [-0.25, -0.2) is 13.1 Å². The van der Waals surface area contributed by atoms with Crippen molar-refractivity contribution in [2.45, 2.75) is 31.7 Å². The topological polar surface area (TPSA) is 75.7 Å². The number of ether oxygens (including phenoxy) is 1. The van der Waals surface area contributed by atoms with E-state index < -0.39 is 10.0 Å². The van der Waals surface area contributed by atoms with Gasteiger partial charge < -0.3 is 9.64 Å². The summed E-state index contributed by atoms with van der Waals surface area (Å²) in [7, 11) is -2.07. The van der Waals surface area contributed by atoms with Gasteiger partial charge in [0.05, 0.1) is 12.0 Å². The number of amides is 1. The van der Waals surface area contributed by atoms with Crippen LogP contribution in [0.4, 0.5) is 5.69 Å². The second kappa shape index (κ2) is 7.70. The fraction of sp³-hybridized carbons (Fsp3) is 0.350. The van der Waals surface area contributed by atoms with Gasteiger partial charge in [0.1, 0.15) is 5.75 Å². The van der Waals surface area contributed by atoms with Crippen LogP contribution in [0.2, 0.25) is 0 Å². The lowest BCUT2D eigenvalue weighted by atomic mass is 10.1. The fourth-order valence-electron chi connectivity index (χ4n) is 3.12. The summed E-state index contributed by atoms with van der Waals surface area (Å²) in [5.41, 5.74) is 2.87. The third-order valence-corrected chi connectivity index (χ3v) is 6.05. The molecule has 0 aliphatic carbocycles. The van der Waals surface area contributed by atoms with Gasteiger partial charge in [-0.1, -0.05) is 26.0 Å². The minimum atomic E-state index is -3.60. The lowest BCUT2D eigenvalue weighted by Gasteiger charge is -2.19. The molecule has 2 aromatic carbocycles. The predicted molar refractivity (Wildman–Crippen MR) is 104 cm³/mol. The van der Waals surface area contributed by atoms with Gasteiger partial charge in [-0.05, 0) is 47.9 Å². The average Bonchev–Trinajstić information content (AvgIpc) is 3.09. The van der Waals surface area contributed by atoms with Crippen LogP contribution in [0.1, 0.15) is 25.0 Å². The molecule has 3 rings (SSSR count). The molecule has 0 radical (unpaired) electrons. The number of hydrogen-bond donors (Lipinski definition) is 1. The molecule has 1 aliphatic rings. The predicted octanol–water partition coefficient (Wildman–Crippen LogP) is 2.72. The smallest absolute Gasteiger partial charge is 0.240 e. The van der Waals surface area contributed by atoms with Crippen LogP contribution in [0.15, 0.2) is 47.4 Å². The van der Waals surface area contributed by atoms with Crippen LogP contribution in [0.3, 0.4) is 0 Å². The van der Waals surface area contributed by atoms with Crippen molar-refractivity contribution in [3.63, 3.8) is 0 Å². The Morgan fingerprint density at radius 3 is 2.52 bits per heavy atom. The summed E-state index contributed by atoms with van der Waals surface area (Å²) in [4.78, 5) is 14.3. The van der Waals surface area contributed by atoms with Gasteiger partial charge >= 0.3 is 0 Å². The summed E-state index contributed by atoms with van der Waals surface area (Å²) in [6.07, 6.45) is 0.785. The maximum atomic E-state index is 12.5. The highest BCUT2D eigenvalue weighted by atomic mass is 32.2. The van der Waals surface area contributed by atoms with Crippen molar-refractivity contribution in [3.05, 3.63) is 53.6 Å². The Bertz CT molecular complexity index is 937. The van der Waals surface area contributed by atoms with Crippen molar-refractivity contribution < 1.29 is 17.9 Å². The molecule has 0 atom stereocenters. The first-order valence-electron chi connectivity index (χ1n) is 8.88. The molecule has 27 heavy (non-hydrogen) atoms. The number of benzene rings is 2. The standard InChI is InChI=1S/C20H24N2O4S/c1-14(2)20(23)22-11-10-16-12-15(4-9-19(16)22)13-21-27(24,25)18-7-5-17(26-3)6-8-18/h4-9,12,14,21H,10-11,13H2,1-3H3. The molecule has 1 aliphatic heterocycles. The van der Waals surface area contributed by atoms with Crippen LogP contribution in [-0.4, -0.2) is 28.0 Å². The van der Waals surface area contributed by atoms with E-state index in [1.165, 1.54) is 19.2 Å². The fourth-order valence-corrected chi connectivity index (χ4v) is 4.14. The number of methoxy groups -OCH3 is 1. The zero-order chi connectivity index (χ0) is 19.6. The monoisotopic (exact) mass is 388 g/mol. The highest BCUT2D eigenvalue weighted by Crippen LogP contribution is 2.30. The van der Waals surface area contributed by atoms with Gasteiger partial charge in [0.2, 0.25) is 15.9 Å². The van der Waals surface area contributed by atoms with E-state index in [0.717, 1.165) is 23.2 Å². The van der Waals surface area contributed by atoms with Crippen LogP contribution in [0.5, 0.6) is 5.75 Å². The lowest BCUT2D eigenvalue weighted by molar-refractivity contribution is -0.121. The summed E-state index contributed by atoms with van der Waals surface area (Å²) in [5.74, 6) is 0.668. The quantitative estimate of drug-likeness (QED) is 0.826. The van der Waals surface area contributed by atoms with Gasteiger partial charge in [0.25, 0.3) is 0 Å². The number of rotatable bonds is 6. The summed E-state index contributed by atoms with van der Waals surface area (Å²) in [5, 5.41) is 0. The lowest BCUT2D eigenvalue weighted by Crippen LogP contribution is -2.32. The number of carbonyl (C=O) groups excluding carboxylic acids is 1. The largest absolute Gasteiger partial charge is 0.497 e. The third kappa shape index (κ3) is 4.14. The maximum absolute atomic E-state index is 12.5. The Morgan fingerprint density at radius 1 is 1.19 bits per heavy atom. The van der Waals surface area contributed by atoms with E-state index in [4.69, 9.17) is 4.74 Å². The van der Waals surface area contributed by atoms with Crippen molar-refractivity contribution in [1.82, 2.24) is 4.72 Å². The maximum Gasteiger partial charge on any atom is 0.240 e. The molecular weight excluding hydrogens is 364 g/mol. The molecule has 1 heterocycles. The van der Waals surface area contributed by atoms with E-state index in [1.54, 1.807) is 12.1 Å². The van der Waals surface area contributed by atoms with Gasteiger partial charge in [0.15, 0.2) is 0 Å². The first-order chi connectivity index (χ1) is 12.8. The molecule has 0 unspecified atom stereocenters. The van der Waals surface area contributed by atoms with Gasteiger partial charge in [0, 0.05) is 24.7 Å². The molecule has 6 nitrogen and oxygen atoms in total. The molecule has 0 spiro atoms. The van der Waals surface area contributed by atoms with E-state index in [1.807, 2.05) is 36.9 Å². The zero-order valence-electron chi connectivity index (χ0n) is 15.7. The van der Waals surface area contributed by atoms with Crippen molar-refractivity contribution >= 4 is 21.6 Å². The van der Waals surface area contributed by atoms with E-state index in [2.05, 4.69) is 4.72 Å². The molecule has 0 fully saturated rings. The molecule has 0 saturated heterocycles. The molecule has 144 valence electrons. The molecule has 0 saturated carbocycles. The number of hydrogen-bond acceptors (Lipinski definition) is 4. The van der Waals surface area contributed by atoms with Gasteiger partial charge in [-0.2, -0.15) is 0 Å². The van der Waals surface area contributed by atoms with Crippen molar-refractivity contribution in [1.29, 1.82) is 0 Å². The number of fused-ring (bicyclic) bond motifs is 1. The van der Waals surface area contributed by atoms with E-state index in [-0.39, 0.29) is 23.3 Å². The van der Waals surface area contributed by atoms with Crippen LogP contribution < -0.4 is 14.4 Å². The molecule has 2 aromatic rings. The van der Waals surface area contributed by atoms with Crippen molar-refractivity contribution in [2.75, 3.05) is 18.6 Å². The zero-order valence-corrected chi connectivity index (χ0v) is 16.5.